The van der Waals surface area contributed by atoms with Gasteiger partial charge in [-0.15, -0.1) is 0 Å². The molecular formula is C42H68O15. The van der Waals surface area contributed by atoms with Crippen molar-refractivity contribution in [2.45, 2.75) is 185 Å². The number of aliphatic hydroxyl groups is 10. The average Bonchev–Trinajstić information content (AvgIpc) is 3.32. The van der Waals surface area contributed by atoms with Gasteiger partial charge in [-0.05, 0) is 76.0 Å². The van der Waals surface area contributed by atoms with Gasteiger partial charge >= 0.3 is 0 Å². The van der Waals surface area contributed by atoms with Crippen LogP contribution in [0.15, 0.2) is 23.8 Å². The first kappa shape index (κ1) is 45.1. The first-order chi connectivity index (χ1) is 26.2. The minimum Gasteiger partial charge on any atom is -0.394 e. The molecule has 2 saturated heterocycles. The predicted molar refractivity (Wildman–Crippen MR) is 203 cm³/mol. The number of fused-ring (bicyclic) bond motifs is 5. The number of ether oxygens (including phenoxy) is 4. The summed E-state index contributed by atoms with van der Waals surface area (Å²) in [6.07, 6.45) is -10.7. The Kier molecular flexibility index (Phi) is 12.0. The van der Waals surface area contributed by atoms with E-state index in [1.807, 2.05) is 27.7 Å². The molecule has 2 aliphatic heterocycles. The van der Waals surface area contributed by atoms with Gasteiger partial charge in [0.05, 0.1) is 36.1 Å². The van der Waals surface area contributed by atoms with Crippen LogP contribution in [-0.4, -0.2) is 154 Å². The molecule has 15 heteroatoms. The van der Waals surface area contributed by atoms with Gasteiger partial charge in [-0.25, -0.2) is 0 Å². The van der Waals surface area contributed by atoms with Gasteiger partial charge in [0, 0.05) is 23.2 Å². The molecule has 0 amide bonds. The van der Waals surface area contributed by atoms with Gasteiger partial charge in [0.15, 0.2) is 12.6 Å². The van der Waals surface area contributed by atoms with Crippen LogP contribution in [-0.2, 0) is 23.7 Å². The molecule has 0 radical (unpaired) electrons. The van der Waals surface area contributed by atoms with Crippen LogP contribution in [0.25, 0.3) is 0 Å². The van der Waals surface area contributed by atoms with E-state index in [1.54, 1.807) is 13.8 Å². The fourth-order valence-corrected chi connectivity index (χ4v) is 12.2. The molecule has 20 atom stereocenters. The zero-order valence-electron chi connectivity index (χ0n) is 34.7. The highest BCUT2D eigenvalue weighted by Crippen LogP contribution is 2.74. The number of aliphatic hydroxyl groups excluding tert-OH is 8. The molecule has 15 nitrogen and oxygen atoms in total. The van der Waals surface area contributed by atoms with Crippen LogP contribution in [0.2, 0.25) is 0 Å². The van der Waals surface area contributed by atoms with Gasteiger partial charge in [-0.1, -0.05) is 58.4 Å². The molecule has 57 heavy (non-hydrogen) atoms. The summed E-state index contributed by atoms with van der Waals surface area (Å²) in [5, 5.41) is 109. The third-order valence-corrected chi connectivity index (χ3v) is 15.7. The van der Waals surface area contributed by atoms with E-state index in [9.17, 15) is 55.9 Å². The van der Waals surface area contributed by atoms with Gasteiger partial charge in [-0.2, -0.15) is 0 Å². The van der Waals surface area contributed by atoms with E-state index in [-0.39, 0.29) is 24.0 Å². The molecule has 0 aromatic carbocycles. The zero-order chi connectivity index (χ0) is 42.6. The van der Waals surface area contributed by atoms with Gasteiger partial charge in [0.25, 0.3) is 0 Å². The quantitative estimate of drug-likeness (QED) is 0.140. The highest BCUT2D eigenvalue weighted by Gasteiger charge is 2.74. The maximum Gasteiger partial charge on any atom is 0.187 e. The molecule has 6 rings (SSSR count). The summed E-state index contributed by atoms with van der Waals surface area (Å²) >= 11 is 0. The van der Waals surface area contributed by atoms with Crippen molar-refractivity contribution in [1.29, 1.82) is 0 Å². The van der Waals surface area contributed by atoms with Crippen molar-refractivity contribution in [3.63, 3.8) is 0 Å². The van der Waals surface area contributed by atoms with Crippen molar-refractivity contribution in [3.8, 4) is 0 Å². The number of hydrogen-bond donors (Lipinski definition) is 10. The van der Waals surface area contributed by atoms with Crippen LogP contribution < -0.4 is 0 Å². The highest BCUT2D eigenvalue weighted by atomic mass is 16.8. The minimum absolute atomic E-state index is 0.0224. The summed E-state index contributed by atoms with van der Waals surface area (Å²) in [5.41, 5.74) is -5.10. The Morgan fingerprint density at radius 3 is 2.14 bits per heavy atom. The van der Waals surface area contributed by atoms with E-state index in [1.165, 1.54) is 26.0 Å². The van der Waals surface area contributed by atoms with Crippen molar-refractivity contribution in [2.75, 3.05) is 6.61 Å². The molecule has 0 aromatic rings. The number of hydrogen-bond acceptors (Lipinski definition) is 15. The predicted octanol–water partition coefficient (Wildman–Crippen LogP) is 0.217. The Balaban J connectivity index is 1.28. The molecule has 0 spiro atoms. The Hall–Kier alpha value is -1.41. The van der Waals surface area contributed by atoms with E-state index in [0.29, 0.717) is 25.7 Å². The number of rotatable bonds is 9. The SMILES string of the molecule is CC1OC(OC2C(OC3CCC4C(=CCC5C4(C)C(=O)CC4(C)C(C(C)(O)C(O)C=CC(C)(C)O)C(O)CC54C)C3(C)C)OC(CO)C(O)C2O)C(O)C(O)C1O. The Morgan fingerprint density at radius 1 is 0.877 bits per heavy atom. The van der Waals surface area contributed by atoms with Gasteiger partial charge in [-0.3, -0.25) is 4.79 Å². The van der Waals surface area contributed by atoms with E-state index in [0.717, 1.165) is 5.57 Å². The molecule has 5 fully saturated rings. The van der Waals surface area contributed by atoms with Crippen LogP contribution in [0.4, 0.5) is 0 Å². The van der Waals surface area contributed by atoms with E-state index in [2.05, 4.69) is 13.0 Å². The largest absolute Gasteiger partial charge is 0.394 e. The van der Waals surface area contributed by atoms with Crippen LogP contribution >= 0.6 is 0 Å². The van der Waals surface area contributed by atoms with Crippen molar-refractivity contribution < 1.29 is 74.8 Å². The number of carbonyl (C=O) groups is 1. The summed E-state index contributed by atoms with van der Waals surface area (Å²) in [6.45, 7) is 15.5. The molecule has 6 aliphatic rings. The molecule has 20 unspecified atom stereocenters. The van der Waals surface area contributed by atoms with Gasteiger partial charge in [0.1, 0.15) is 54.6 Å². The lowest BCUT2D eigenvalue weighted by atomic mass is 9.38. The molecule has 326 valence electrons. The maximum atomic E-state index is 14.9. The molecular weight excluding hydrogens is 744 g/mol. The lowest BCUT2D eigenvalue weighted by Crippen LogP contribution is -2.66. The van der Waals surface area contributed by atoms with Crippen molar-refractivity contribution in [3.05, 3.63) is 23.8 Å². The second kappa shape index (κ2) is 15.2. The summed E-state index contributed by atoms with van der Waals surface area (Å²) in [6, 6.07) is 0. The lowest BCUT2D eigenvalue weighted by Gasteiger charge is -2.65. The van der Waals surface area contributed by atoms with E-state index >= 15 is 0 Å². The summed E-state index contributed by atoms with van der Waals surface area (Å²) in [5.74, 6) is -1.24. The molecule has 4 aliphatic carbocycles. The second-order valence-corrected chi connectivity index (χ2v) is 20.1. The number of ketones is 1. The fourth-order valence-electron chi connectivity index (χ4n) is 12.2. The summed E-state index contributed by atoms with van der Waals surface area (Å²) < 4.78 is 24.2. The minimum atomic E-state index is -1.82. The number of allylic oxidation sites excluding steroid dienone is 1. The molecule has 10 N–H and O–H groups in total. The standard InChI is InChI=1S/C42H68O15/c1-19-28(47)30(49)32(51)35(54-19)57-33-31(50)29(48)23(18-43)55-36(33)56-27-13-11-21-20(38(27,4)5)10-12-24-39(6)16-22(44)34(40(39,7)17-26(46)41(21,24)8)42(9,53)25(45)14-15-37(2,3)52/h10,14-15,19,21-25,27-36,43-45,47-53H,11-13,16-18H2,1-9H3. The Labute approximate surface area is 335 Å². The topological polar surface area (TPSA) is 256 Å². The van der Waals surface area contributed by atoms with E-state index < -0.39 is 125 Å². The van der Waals surface area contributed by atoms with Crippen molar-refractivity contribution in [1.82, 2.24) is 0 Å². The summed E-state index contributed by atoms with van der Waals surface area (Å²) in [4.78, 5) is 14.9. The van der Waals surface area contributed by atoms with Crippen LogP contribution in [0, 0.1) is 39.4 Å². The Morgan fingerprint density at radius 2 is 1.53 bits per heavy atom. The summed E-state index contributed by atoms with van der Waals surface area (Å²) in [7, 11) is 0. The second-order valence-electron chi connectivity index (χ2n) is 20.1. The fraction of sp³-hybridized carbons (Fsp3) is 0.881. The third kappa shape index (κ3) is 7.12. The van der Waals surface area contributed by atoms with Crippen molar-refractivity contribution >= 4 is 5.78 Å². The smallest absolute Gasteiger partial charge is 0.187 e. The first-order valence-corrected chi connectivity index (χ1v) is 20.6. The van der Waals surface area contributed by atoms with E-state index in [4.69, 9.17) is 18.9 Å². The van der Waals surface area contributed by atoms with Crippen LogP contribution in [0.5, 0.6) is 0 Å². The number of Topliss-reactive ketones (excluding diaryl/α,β-unsaturated/α-hetero) is 1. The molecule has 2 heterocycles. The van der Waals surface area contributed by atoms with Crippen molar-refractivity contribution in [2.24, 2.45) is 39.4 Å². The third-order valence-electron chi connectivity index (χ3n) is 15.7. The van der Waals surface area contributed by atoms with Gasteiger partial charge in [0.2, 0.25) is 0 Å². The zero-order valence-corrected chi connectivity index (χ0v) is 34.7. The molecule has 0 aromatic heterocycles. The molecule has 0 bridgehead atoms. The lowest BCUT2D eigenvalue weighted by molar-refractivity contribution is -0.372. The van der Waals surface area contributed by atoms with Gasteiger partial charge < -0.3 is 70.0 Å². The average molecular weight is 813 g/mol. The normalized spacial score (nSPS) is 50.4. The maximum absolute atomic E-state index is 14.9. The first-order valence-electron chi connectivity index (χ1n) is 20.6. The monoisotopic (exact) mass is 812 g/mol. The number of carbonyl (C=O) groups excluding carboxylic acids is 1. The Bertz CT molecular complexity index is 1560. The molecule has 3 saturated carbocycles. The van der Waals surface area contributed by atoms with Crippen LogP contribution in [0.1, 0.15) is 94.4 Å². The highest BCUT2D eigenvalue weighted by molar-refractivity contribution is 5.88. The van der Waals surface area contributed by atoms with Crippen LogP contribution in [0.3, 0.4) is 0 Å².